The molecule has 0 saturated heterocycles. The molecule has 2 N–H and O–H groups in total. The van der Waals surface area contributed by atoms with Crippen LogP contribution in [0, 0.1) is 0 Å². The van der Waals surface area contributed by atoms with Gasteiger partial charge < -0.3 is 15.5 Å². The zero-order chi connectivity index (χ0) is 22.5. The molecule has 2 aliphatic heterocycles. The average Bonchev–Trinajstić information content (AvgIpc) is 3.11. The molecule has 9 nitrogen and oxygen atoms in total. The summed E-state index contributed by atoms with van der Waals surface area (Å²) in [4.78, 5) is 34.3. The third-order valence-electron chi connectivity index (χ3n) is 5.77. The first-order valence-electron chi connectivity index (χ1n) is 9.87. The number of hydrogen-bond donors (Lipinski definition) is 2. The summed E-state index contributed by atoms with van der Waals surface area (Å²) in [6.07, 6.45) is -1.89. The molecule has 4 heterocycles. The number of aromatic nitrogens is 4. The second-order valence-electron chi connectivity index (χ2n) is 7.81. The van der Waals surface area contributed by atoms with Gasteiger partial charge in [0.2, 0.25) is 11.7 Å². The van der Waals surface area contributed by atoms with Crippen LogP contribution in [0.3, 0.4) is 0 Å². The highest BCUT2D eigenvalue weighted by Crippen LogP contribution is 2.33. The topological polar surface area (TPSA) is 105 Å². The van der Waals surface area contributed by atoms with Gasteiger partial charge in [0.05, 0.1) is 18.3 Å². The fraction of sp³-hybridized carbons (Fsp3) is 0.526. The fourth-order valence-electron chi connectivity index (χ4n) is 4.01. The minimum absolute atomic E-state index is 0.0250. The third kappa shape index (κ3) is 3.64. The lowest BCUT2D eigenvalue weighted by Crippen LogP contribution is -2.49. The van der Waals surface area contributed by atoms with Crippen molar-refractivity contribution in [1.82, 2.24) is 35.3 Å². The van der Waals surface area contributed by atoms with E-state index in [4.69, 9.17) is 0 Å². The predicted octanol–water partition coefficient (Wildman–Crippen LogP) is 1.23. The second-order valence-corrected chi connectivity index (χ2v) is 7.81. The number of carbonyl (C=O) groups excluding carboxylic acids is 2. The molecule has 2 aliphatic rings. The molecule has 0 saturated carbocycles. The van der Waals surface area contributed by atoms with Crippen molar-refractivity contribution in [2.75, 3.05) is 13.6 Å². The second kappa shape index (κ2) is 7.59. The van der Waals surface area contributed by atoms with Crippen molar-refractivity contribution in [3.63, 3.8) is 0 Å². The molecule has 2 aromatic rings. The quantitative estimate of drug-likeness (QED) is 0.749. The molecule has 0 aliphatic carbocycles. The van der Waals surface area contributed by atoms with Crippen molar-refractivity contribution in [2.24, 2.45) is 0 Å². The van der Waals surface area contributed by atoms with E-state index < -0.39 is 24.1 Å². The summed E-state index contributed by atoms with van der Waals surface area (Å²) in [7, 11) is 1.50. The van der Waals surface area contributed by atoms with Gasteiger partial charge in [-0.1, -0.05) is 0 Å². The summed E-state index contributed by atoms with van der Waals surface area (Å²) in [5.74, 6) is -1.89. The molecular formula is C19H22F3N7O2. The minimum atomic E-state index is -4.65. The van der Waals surface area contributed by atoms with Crippen molar-refractivity contribution in [3.05, 3.63) is 40.7 Å². The summed E-state index contributed by atoms with van der Waals surface area (Å²) in [6, 6.07) is -1.20. The van der Waals surface area contributed by atoms with Gasteiger partial charge in [-0.3, -0.25) is 9.59 Å². The van der Waals surface area contributed by atoms with Gasteiger partial charge in [-0.15, -0.1) is 0 Å². The first-order valence-corrected chi connectivity index (χ1v) is 9.87. The van der Waals surface area contributed by atoms with E-state index in [0.717, 1.165) is 23.7 Å². The number of rotatable bonds is 3. The SMILES string of the molecule is CNC(=O)C1CN([C@H](C)c2cnc(C(F)(F)F)nc2)C(=O)c2c3c(nn21)CC(C)NC3. The van der Waals surface area contributed by atoms with Crippen molar-refractivity contribution in [3.8, 4) is 0 Å². The van der Waals surface area contributed by atoms with Crippen LogP contribution < -0.4 is 10.6 Å². The maximum atomic E-state index is 13.4. The summed E-state index contributed by atoms with van der Waals surface area (Å²) in [5, 5.41) is 10.5. The standard InChI is InChI=1S/C19H22F3N7O2/c1-9-4-13-12(7-24-9)15-17(31)28(8-14(16(30)23-3)29(15)27-13)10(2)11-5-25-18(26-6-11)19(20,21)22/h5-6,9-10,14,24H,4,7-8H2,1-3H3,(H,23,30)/t9?,10-,14?/m1/s1. The maximum Gasteiger partial charge on any atom is 0.451 e. The smallest absolute Gasteiger partial charge is 0.357 e. The van der Waals surface area contributed by atoms with Gasteiger partial charge in [0.1, 0.15) is 11.7 Å². The van der Waals surface area contributed by atoms with Gasteiger partial charge in [0, 0.05) is 49.6 Å². The largest absolute Gasteiger partial charge is 0.451 e. The van der Waals surface area contributed by atoms with Crippen LogP contribution in [0.25, 0.3) is 0 Å². The number of amides is 2. The van der Waals surface area contributed by atoms with Crippen molar-refractivity contribution in [2.45, 2.75) is 51.1 Å². The molecule has 3 atom stereocenters. The van der Waals surface area contributed by atoms with Crippen LogP contribution in [0.1, 0.15) is 59.1 Å². The highest BCUT2D eigenvalue weighted by molar-refractivity contribution is 5.97. The Morgan fingerprint density at radius 2 is 2.00 bits per heavy atom. The predicted molar refractivity (Wildman–Crippen MR) is 102 cm³/mol. The van der Waals surface area contributed by atoms with Crippen LogP contribution >= 0.6 is 0 Å². The molecule has 0 radical (unpaired) electrons. The van der Waals surface area contributed by atoms with E-state index in [1.165, 1.54) is 16.6 Å². The number of likely N-dealkylation sites (N-methyl/N-ethyl adjacent to an activating group) is 1. The van der Waals surface area contributed by atoms with E-state index in [0.29, 0.717) is 24.2 Å². The van der Waals surface area contributed by atoms with E-state index >= 15 is 0 Å². The maximum absolute atomic E-state index is 13.4. The lowest BCUT2D eigenvalue weighted by atomic mass is 9.99. The van der Waals surface area contributed by atoms with Gasteiger partial charge in [0.15, 0.2) is 0 Å². The first kappa shape index (κ1) is 21.2. The lowest BCUT2D eigenvalue weighted by molar-refractivity contribution is -0.145. The molecule has 2 amide bonds. The number of halogens is 3. The average molecular weight is 437 g/mol. The summed E-state index contributed by atoms with van der Waals surface area (Å²) < 4.78 is 39.8. The van der Waals surface area contributed by atoms with E-state index in [-0.39, 0.29) is 24.4 Å². The van der Waals surface area contributed by atoms with Crippen LogP contribution in [-0.4, -0.2) is 56.1 Å². The summed E-state index contributed by atoms with van der Waals surface area (Å²) >= 11 is 0. The number of fused-ring (bicyclic) bond motifs is 3. The lowest BCUT2D eigenvalue weighted by Gasteiger charge is -2.37. The molecule has 4 rings (SSSR count). The fourth-order valence-corrected chi connectivity index (χ4v) is 4.01. The minimum Gasteiger partial charge on any atom is -0.357 e. The van der Waals surface area contributed by atoms with E-state index in [9.17, 15) is 22.8 Å². The highest BCUT2D eigenvalue weighted by atomic mass is 19.4. The zero-order valence-electron chi connectivity index (χ0n) is 17.2. The van der Waals surface area contributed by atoms with Gasteiger partial charge in [-0.25, -0.2) is 14.6 Å². The van der Waals surface area contributed by atoms with Crippen molar-refractivity contribution < 1.29 is 22.8 Å². The Kier molecular flexibility index (Phi) is 5.20. The van der Waals surface area contributed by atoms with E-state index in [2.05, 4.69) is 25.7 Å². The van der Waals surface area contributed by atoms with Gasteiger partial charge in [-0.05, 0) is 13.8 Å². The normalized spacial score (nSPS) is 22.0. The molecule has 2 aromatic heterocycles. The van der Waals surface area contributed by atoms with Gasteiger partial charge >= 0.3 is 6.18 Å². The van der Waals surface area contributed by atoms with Crippen molar-refractivity contribution >= 4 is 11.8 Å². The molecule has 0 bridgehead atoms. The van der Waals surface area contributed by atoms with Crippen molar-refractivity contribution in [1.29, 1.82) is 0 Å². The Hall–Kier alpha value is -3.02. The number of alkyl halides is 3. The van der Waals surface area contributed by atoms with Crippen LogP contribution in [-0.2, 0) is 23.9 Å². The van der Waals surface area contributed by atoms with Crippen LogP contribution in [0.4, 0.5) is 13.2 Å². The Balaban J connectivity index is 1.72. The number of carbonyl (C=O) groups is 2. The number of nitrogens with zero attached hydrogens (tertiary/aromatic N) is 5. The molecule has 0 fully saturated rings. The monoisotopic (exact) mass is 437 g/mol. The molecular weight excluding hydrogens is 415 g/mol. The Labute approximate surface area is 176 Å². The number of hydrogen-bond acceptors (Lipinski definition) is 6. The van der Waals surface area contributed by atoms with Crippen LogP contribution in [0.2, 0.25) is 0 Å². The van der Waals surface area contributed by atoms with Crippen LogP contribution in [0.5, 0.6) is 0 Å². The molecule has 31 heavy (non-hydrogen) atoms. The summed E-state index contributed by atoms with van der Waals surface area (Å²) in [6.45, 7) is 4.16. The van der Waals surface area contributed by atoms with Crippen LogP contribution in [0.15, 0.2) is 12.4 Å². The Bertz CT molecular complexity index is 1020. The Morgan fingerprint density at radius 1 is 1.32 bits per heavy atom. The zero-order valence-corrected chi connectivity index (χ0v) is 17.2. The van der Waals surface area contributed by atoms with Gasteiger partial charge in [0.25, 0.3) is 5.91 Å². The van der Waals surface area contributed by atoms with Gasteiger partial charge in [-0.2, -0.15) is 18.3 Å². The summed E-state index contributed by atoms with van der Waals surface area (Å²) in [5.41, 5.74) is 2.19. The molecule has 2 unspecified atom stereocenters. The molecule has 166 valence electrons. The first-order chi connectivity index (χ1) is 14.6. The number of nitrogens with one attached hydrogen (secondary N) is 2. The Morgan fingerprint density at radius 3 is 2.61 bits per heavy atom. The third-order valence-corrected chi connectivity index (χ3v) is 5.77. The van der Waals surface area contributed by atoms with E-state index in [1.54, 1.807) is 6.92 Å². The highest BCUT2D eigenvalue weighted by Gasteiger charge is 2.42. The molecule has 12 heteroatoms. The molecule has 0 spiro atoms. The molecule has 0 aromatic carbocycles. The van der Waals surface area contributed by atoms with E-state index in [1.807, 2.05) is 6.92 Å².